The van der Waals surface area contributed by atoms with E-state index < -0.39 is 0 Å². The monoisotopic (exact) mass is 191 g/mol. The molecule has 0 spiro atoms. The maximum absolute atomic E-state index is 6.09. The van der Waals surface area contributed by atoms with E-state index in [1.807, 2.05) is 0 Å². The Balaban J connectivity index is 2.43. The molecule has 0 aliphatic rings. The van der Waals surface area contributed by atoms with Gasteiger partial charge in [-0.25, -0.2) is 0 Å². The Morgan fingerprint density at radius 3 is 2.36 bits per heavy atom. The first-order valence-corrected chi connectivity index (χ1v) is 5.56. The van der Waals surface area contributed by atoms with Crippen molar-refractivity contribution in [2.45, 2.75) is 45.6 Å². The van der Waals surface area contributed by atoms with Crippen LogP contribution in [0.3, 0.4) is 0 Å². The summed E-state index contributed by atoms with van der Waals surface area (Å²) in [6.45, 7) is 4.32. The molecule has 1 nitrogen and oxygen atoms in total. The molecule has 0 amide bonds. The van der Waals surface area contributed by atoms with Gasteiger partial charge >= 0.3 is 0 Å². The van der Waals surface area contributed by atoms with Crippen molar-refractivity contribution in [2.24, 2.45) is 5.73 Å². The van der Waals surface area contributed by atoms with E-state index in [-0.39, 0.29) is 6.04 Å². The van der Waals surface area contributed by atoms with Crippen molar-refractivity contribution < 1.29 is 0 Å². The van der Waals surface area contributed by atoms with E-state index in [0.717, 1.165) is 6.42 Å². The zero-order chi connectivity index (χ0) is 10.4. The molecule has 0 aliphatic carbocycles. The van der Waals surface area contributed by atoms with Crippen LogP contribution in [0.5, 0.6) is 0 Å². The van der Waals surface area contributed by atoms with Gasteiger partial charge in [-0.05, 0) is 18.9 Å². The highest BCUT2D eigenvalue weighted by Gasteiger charge is 2.04. The number of hydrogen-bond acceptors (Lipinski definition) is 1. The predicted octanol–water partition coefficient (Wildman–Crippen LogP) is 3.58. The maximum Gasteiger partial charge on any atom is 0.0294 e. The van der Waals surface area contributed by atoms with Crippen LogP contribution >= 0.6 is 0 Å². The highest BCUT2D eigenvalue weighted by Crippen LogP contribution is 2.17. The van der Waals surface area contributed by atoms with Gasteiger partial charge in [-0.1, -0.05) is 56.0 Å². The molecule has 1 atom stereocenters. The lowest BCUT2D eigenvalue weighted by Gasteiger charge is -2.11. The minimum atomic E-state index is 0.224. The number of nitrogens with two attached hydrogens (primary N) is 1. The van der Waals surface area contributed by atoms with E-state index in [2.05, 4.69) is 38.1 Å². The van der Waals surface area contributed by atoms with Gasteiger partial charge in [0.05, 0.1) is 0 Å². The molecule has 0 aromatic heterocycles. The molecule has 1 aromatic rings. The molecule has 0 bridgehead atoms. The highest BCUT2D eigenvalue weighted by atomic mass is 14.6. The molecular weight excluding hydrogens is 170 g/mol. The lowest BCUT2D eigenvalue weighted by Crippen LogP contribution is -2.09. The van der Waals surface area contributed by atoms with E-state index in [9.17, 15) is 0 Å². The summed E-state index contributed by atoms with van der Waals surface area (Å²) in [5, 5.41) is 0. The van der Waals surface area contributed by atoms with Gasteiger partial charge < -0.3 is 5.73 Å². The first kappa shape index (κ1) is 11.3. The zero-order valence-electron chi connectivity index (χ0n) is 9.29. The van der Waals surface area contributed by atoms with Crippen LogP contribution in [0.15, 0.2) is 24.3 Å². The molecule has 78 valence electrons. The molecule has 0 radical (unpaired) electrons. The fourth-order valence-corrected chi connectivity index (χ4v) is 1.59. The quantitative estimate of drug-likeness (QED) is 0.707. The van der Waals surface area contributed by atoms with Crippen LogP contribution in [-0.4, -0.2) is 0 Å². The molecule has 1 heteroatoms. The molecule has 0 fully saturated rings. The lowest BCUT2D eigenvalue weighted by molar-refractivity contribution is 0.581. The first-order valence-electron chi connectivity index (χ1n) is 5.56. The van der Waals surface area contributed by atoms with Crippen LogP contribution in [0.4, 0.5) is 0 Å². The van der Waals surface area contributed by atoms with Gasteiger partial charge in [0.25, 0.3) is 0 Å². The zero-order valence-corrected chi connectivity index (χ0v) is 9.29. The second-order valence-electron chi connectivity index (χ2n) is 4.01. The number of aryl methyl sites for hydroxylation is 1. The summed E-state index contributed by atoms with van der Waals surface area (Å²) >= 11 is 0. The van der Waals surface area contributed by atoms with Crippen LogP contribution in [0.2, 0.25) is 0 Å². The van der Waals surface area contributed by atoms with Gasteiger partial charge in [0.2, 0.25) is 0 Å². The topological polar surface area (TPSA) is 26.0 Å². The fourth-order valence-electron chi connectivity index (χ4n) is 1.59. The molecule has 0 aliphatic heterocycles. The summed E-state index contributed by atoms with van der Waals surface area (Å²) in [6.07, 6.45) is 4.91. The smallest absolute Gasteiger partial charge is 0.0294 e. The molecule has 0 saturated carbocycles. The SMILES string of the molecule is CCCCCC(N)c1ccc(C)cc1. The number of rotatable bonds is 5. The minimum Gasteiger partial charge on any atom is -0.324 e. The Morgan fingerprint density at radius 2 is 1.79 bits per heavy atom. The highest BCUT2D eigenvalue weighted by molar-refractivity contribution is 5.23. The molecule has 2 N–H and O–H groups in total. The van der Waals surface area contributed by atoms with Gasteiger partial charge in [0.15, 0.2) is 0 Å². The summed E-state index contributed by atoms with van der Waals surface area (Å²) in [5.41, 5.74) is 8.66. The second-order valence-corrected chi connectivity index (χ2v) is 4.01. The Morgan fingerprint density at radius 1 is 1.14 bits per heavy atom. The van der Waals surface area contributed by atoms with Crippen molar-refractivity contribution in [3.63, 3.8) is 0 Å². The van der Waals surface area contributed by atoms with Crippen LogP contribution in [0, 0.1) is 6.92 Å². The standard InChI is InChI=1S/C13H21N/c1-3-4-5-6-13(14)12-9-7-11(2)8-10-12/h7-10,13H,3-6,14H2,1-2H3. The van der Waals surface area contributed by atoms with Crippen molar-refractivity contribution in [1.29, 1.82) is 0 Å². The van der Waals surface area contributed by atoms with Gasteiger partial charge in [-0.3, -0.25) is 0 Å². The average Bonchev–Trinajstić information content (AvgIpc) is 2.19. The Bertz CT molecular complexity index is 250. The van der Waals surface area contributed by atoms with E-state index >= 15 is 0 Å². The van der Waals surface area contributed by atoms with Crippen molar-refractivity contribution in [2.75, 3.05) is 0 Å². The van der Waals surface area contributed by atoms with Crippen LogP contribution in [0.25, 0.3) is 0 Å². The van der Waals surface area contributed by atoms with Crippen LogP contribution < -0.4 is 5.73 Å². The second kappa shape index (κ2) is 5.82. The molecule has 1 unspecified atom stereocenters. The largest absolute Gasteiger partial charge is 0.324 e. The Labute approximate surface area is 87.3 Å². The van der Waals surface area contributed by atoms with E-state index in [0.29, 0.717) is 0 Å². The lowest BCUT2D eigenvalue weighted by atomic mass is 10.0. The molecular formula is C13H21N. The number of hydrogen-bond donors (Lipinski definition) is 1. The normalized spacial score (nSPS) is 12.8. The van der Waals surface area contributed by atoms with E-state index in [1.165, 1.54) is 30.4 Å². The predicted molar refractivity (Wildman–Crippen MR) is 62.2 cm³/mol. The summed E-state index contributed by atoms with van der Waals surface area (Å²) in [4.78, 5) is 0. The third kappa shape index (κ3) is 3.51. The van der Waals surface area contributed by atoms with Crippen LogP contribution in [0.1, 0.15) is 49.8 Å². The first-order chi connectivity index (χ1) is 6.74. The molecule has 0 saturated heterocycles. The third-order valence-corrected chi connectivity index (χ3v) is 2.62. The number of unbranched alkanes of at least 4 members (excludes halogenated alkanes) is 2. The Hall–Kier alpha value is -0.820. The van der Waals surface area contributed by atoms with Crippen LogP contribution in [-0.2, 0) is 0 Å². The third-order valence-electron chi connectivity index (χ3n) is 2.62. The van der Waals surface area contributed by atoms with Gasteiger partial charge in [0.1, 0.15) is 0 Å². The maximum atomic E-state index is 6.09. The number of benzene rings is 1. The minimum absolute atomic E-state index is 0.224. The van der Waals surface area contributed by atoms with E-state index in [4.69, 9.17) is 5.73 Å². The average molecular weight is 191 g/mol. The summed E-state index contributed by atoms with van der Waals surface area (Å²) in [5.74, 6) is 0. The van der Waals surface area contributed by atoms with Gasteiger partial charge in [0, 0.05) is 6.04 Å². The van der Waals surface area contributed by atoms with Crippen molar-refractivity contribution in [3.8, 4) is 0 Å². The fraction of sp³-hybridized carbons (Fsp3) is 0.538. The summed E-state index contributed by atoms with van der Waals surface area (Å²) < 4.78 is 0. The summed E-state index contributed by atoms with van der Waals surface area (Å²) in [6, 6.07) is 8.78. The van der Waals surface area contributed by atoms with Crippen molar-refractivity contribution in [1.82, 2.24) is 0 Å². The summed E-state index contributed by atoms with van der Waals surface area (Å²) in [7, 11) is 0. The van der Waals surface area contributed by atoms with Gasteiger partial charge in [-0.15, -0.1) is 0 Å². The molecule has 0 heterocycles. The van der Waals surface area contributed by atoms with Gasteiger partial charge in [-0.2, -0.15) is 0 Å². The van der Waals surface area contributed by atoms with E-state index in [1.54, 1.807) is 0 Å². The molecule has 1 rings (SSSR count). The van der Waals surface area contributed by atoms with Crippen molar-refractivity contribution in [3.05, 3.63) is 35.4 Å². The van der Waals surface area contributed by atoms with Crippen molar-refractivity contribution >= 4 is 0 Å². The Kier molecular flexibility index (Phi) is 4.68. The molecule has 1 aromatic carbocycles. The molecule has 14 heavy (non-hydrogen) atoms.